The first-order valence-electron chi connectivity index (χ1n) is 7.63. The molecule has 1 saturated heterocycles. The fourth-order valence-electron chi connectivity index (χ4n) is 3.22. The highest BCUT2D eigenvalue weighted by Gasteiger charge is 2.44. The Bertz CT molecular complexity index is 690. The maximum atomic E-state index is 12.7. The Labute approximate surface area is 135 Å². The number of ether oxygens (including phenoxy) is 1. The van der Waals surface area contributed by atoms with E-state index in [4.69, 9.17) is 10.5 Å². The Morgan fingerprint density at radius 1 is 1.48 bits per heavy atom. The lowest BCUT2D eigenvalue weighted by Gasteiger charge is -2.25. The SMILES string of the molecule is NC/C(=C\F)COc1ccc(S(=O)(=O)N2CC3CCC2C3)cn1. The number of nitrogens with two attached hydrogens (primary N) is 1. The zero-order valence-corrected chi connectivity index (χ0v) is 13.5. The van der Waals surface area contributed by atoms with Crippen LogP contribution in [0.15, 0.2) is 35.1 Å². The van der Waals surface area contributed by atoms with Gasteiger partial charge in [-0.1, -0.05) is 0 Å². The minimum absolute atomic E-state index is 0.0119. The lowest BCUT2D eigenvalue weighted by atomic mass is 10.1. The van der Waals surface area contributed by atoms with Gasteiger partial charge in [-0.3, -0.25) is 0 Å². The highest BCUT2D eigenvalue weighted by atomic mass is 32.2. The van der Waals surface area contributed by atoms with Crippen LogP contribution < -0.4 is 10.5 Å². The van der Waals surface area contributed by atoms with Crippen molar-refractivity contribution in [1.29, 1.82) is 0 Å². The summed E-state index contributed by atoms with van der Waals surface area (Å²) in [6.45, 7) is 0.648. The summed E-state index contributed by atoms with van der Waals surface area (Å²) in [6, 6.07) is 3.08. The van der Waals surface area contributed by atoms with Gasteiger partial charge >= 0.3 is 0 Å². The molecule has 2 atom stereocenters. The van der Waals surface area contributed by atoms with Gasteiger partial charge in [-0.2, -0.15) is 4.31 Å². The highest BCUT2D eigenvalue weighted by Crippen LogP contribution is 2.40. The van der Waals surface area contributed by atoms with E-state index in [1.807, 2.05) is 0 Å². The second-order valence-electron chi connectivity index (χ2n) is 6.00. The van der Waals surface area contributed by atoms with Gasteiger partial charge in [0.15, 0.2) is 0 Å². The summed E-state index contributed by atoms with van der Waals surface area (Å²) >= 11 is 0. The van der Waals surface area contributed by atoms with Crippen LogP contribution in [-0.2, 0) is 10.0 Å². The number of aromatic nitrogens is 1. The molecule has 2 heterocycles. The summed E-state index contributed by atoms with van der Waals surface area (Å²) in [5.41, 5.74) is 5.64. The van der Waals surface area contributed by atoms with Crippen LogP contribution in [0.4, 0.5) is 4.39 Å². The van der Waals surface area contributed by atoms with Gasteiger partial charge in [-0.15, -0.1) is 0 Å². The van der Waals surface area contributed by atoms with E-state index in [0.717, 1.165) is 19.3 Å². The van der Waals surface area contributed by atoms with Crippen molar-refractivity contribution in [3.63, 3.8) is 0 Å². The molecule has 1 aromatic rings. The molecule has 1 aromatic heterocycles. The first-order chi connectivity index (χ1) is 11.0. The van der Waals surface area contributed by atoms with E-state index in [1.165, 1.54) is 18.3 Å². The van der Waals surface area contributed by atoms with Crippen molar-refractivity contribution >= 4 is 10.0 Å². The van der Waals surface area contributed by atoms with Crippen molar-refractivity contribution in [1.82, 2.24) is 9.29 Å². The van der Waals surface area contributed by atoms with Gasteiger partial charge in [0.25, 0.3) is 0 Å². The fraction of sp³-hybridized carbons (Fsp3) is 0.533. The Balaban J connectivity index is 1.69. The maximum Gasteiger partial charge on any atom is 0.244 e. The van der Waals surface area contributed by atoms with Gasteiger partial charge in [0.1, 0.15) is 11.5 Å². The molecule has 0 radical (unpaired) electrons. The van der Waals surface area contributed by atoms with E-state index < -0.39 is 10.0 Å². The van der Waals surface area contributed by atoms with Gasteiger partial charge in [-0.05, 0) is 31.2 Å². The number of hydrogen-bond acceptors (Lipinski definition) is 5. The molecule has 2 fully saturated rings. The number of pyridine rings is 1. The summed E-state index contributed by atoms with van der Waals surface area (Å²) in [5, 5.41) is 0. The van der Waals surface area contributed by atoms with E-state index in [2.05, 4.69) is 4.98 Å². The van der Waals surface area contributed by atoms with Crippen LogP contribution in [0.1, 0.15) is 19.3 Å². The molecular formula is C15H20FN3O3S. The predicted octanol–water partition coefficient (Wildman–Crippen LogP) is 1.45. The molecule has 0 spiro atoms. The van der Waals surface area contributed by atoms with Crippen LogP contribution >= 0.6 is 0 Å². The molecule has 0 amide bonds. The Morgan fingerprint density at radius 3 is 2.83 bits per heavy atom. The third-order valence-corrected chi connectivity index (χ3v) is 6.40. The average Bonchev–Trinajstić information content (AvgIpc) is 3.20. The third-order valence-electron chi connectivity index (χ3n) is 4.50. The molecule has 2 unspecified atom stereocenters. The summed E-state index contributed by atoms with van der Waals surface area (Å²) in [5.74, 6) is 0.729. The molecule has 1 aliphatic heterocycles. The van der Waals surface area contributed by atoms with Crippen LogP contribution in [0.5, 0.6) is 5.88 Å². The Morgan fingerprint density at radius 2 is 2.30 bits per heavy atom. The number of piperidine rings is 1. The molecule has 126 valence electrons. The van der Waals surface area contributed by atoms with Crippen LogP contribution in [-0.4, -0.2) is 43.4 Å². The van der Waals surface area contributed by atoms with Crippen molar-refractivity contribution in [2.24, 2.45) is 11.7 Å². The largest absolute Gasteiger partial charge is 0.473 e. The average molecular weight is 341 g/mol. The van der Waals surface area contributed by atoms with E-state index >= 15 is 0 Å². The van der Waals surface area contributed by atoms with Crippen LogP contribution in [0, 0.1) is 5.92 Å². The number of nitrogens with zero attached hydrogens (tertiary/aromatic N) is 2. The molecule has 2 bridgehead atoms. The molecule has 1 saturated carbocycles. The van der Waals surface area contributed by atoms with E-state index in [0.29, 0.717) is 24.4 Å². The lowest BCUT2D eigenvalue weighted by molar-refractivity contribution is 0.330. The summed E-state index contributed by atoms with van der Waals surface area (Å²) in [4.78, 5) is 4.16. The van der Waals surface area contributed by atoms with Crippen molar-refractivity contribution in [3.05, 3.63) is 30.2 Å². The van der Waals surface area contributed by atoms with Gasteiger partial charge in [0.2, 0.25) is 15.9 Å². The number of rotatable bonds is 6. The number of hydrogen-bond donors (Lipinski definition) is 1. The smallest absolute Gasteiger partial charge is 0.244 e. The lowest BCUT2D eigenvalue weighted by Crippen LogP contribution is -2.37. The van der Waals surface area contributed by atoms with Gasteiger partial charge in [0, 0.05) is 30.8 Å². The van der Waals surface area contributed by atoms with Gasteiger partial charge < -0.3 is 10.5 Å². The predicted molar refractivity (Wildman–Crippen MR) is 83.0 cm³/mol. The standard InChI is InChI=1S/C15H20FN3O3S/c16-6-12(7-17)10-22-15-4-3-14(8-18-15)23(20,21)19-9-11-1-2-13(19)5-11/h3-4,6,8,11,13H,1-2,5,7,9-10,17H2/b12-6+. The molecule has 0 aromatic carbocycles. The zero-order chi connectivity index (χ0) is 16.4. The topological polar surface area (TPSA) is 85.5 Å². The zero-order valence-electron chi connectivity index (χ0n) is 12.7. The van der Waals surface area contributed by atoms with Gasteiger partial charge in [-0.25, -0.2) is 17.8 Å². The second-order valence-corrected chi connectivity index (χ2v) is 7.89. The molecule has 2 aliphatic rings. The first-order valence-corrected chi connectivity index (χ1v) is 9.07. The number of sulfonamides is 1. The fourth-order valence-corrected chi connectivity index (χ4v) is 4.90. The minimum Gasteiger partial charge on any atom is -0.473 e. The molecule has 1 aliphatic carbocycles. The van der Waals surface area contributed by atoms with Crippen LogP contribution in [0.25, 0.3) is 0 Å². The highest BCUT2D eigenvalue weighted by molar-refractivity contribution is 7.89. The minimum atomic E-state index is -3.50. The number of fused-ring (bicyclic) bond motifs is 2. The second kappa shape index (κ2) is 6.54. The van der Waals surface area contributed by atoms with Crippen molar-refractivity contribution in [2.45, 2.75) is 30.2 Å². The quantitative estimate of drug-likeness (QED) is 0.846. The third kappa shape index (κ3) is 3.24. The molecule has 23 heavy (non-hydrogen) atoms. The molecule has 8 heteroatoms. The number of halogens is 1. The molecule has 6 nitrogen and oxygen atoms in total. The Kier molecular flexibility index (Phi) is 4.65. The maximum absolute atomic E-state index is 12.7. The first kappa shape index (κ1) is 16.4. The monoisotopic (exact) mass is 341 g/mol. The van der Waals surface area contributed by atoms with Crippen LogP contribution in [0.2, 0.25) is 0 Å². The molecular weight excluding hydrogens is 321 g/mol. The molecule has 2 N–H and O–H groups in total. The summed E-state index contributed by atoms with van der Waals surface area (Å²) in [7, 11) is -3.50. The van der Waals surface area contributed by atoms with Crippen molar-refractivity contribution in [2.75, 3.05) is 19.7 Å². The molecule has 3 rings (SSSR count). The summed E-state index contributed by atoms with van der Waals surface area (Å²) in [6.07, 6.45) is 4.72. The summed E-state index contributed by atoms with van der Waals surface area (Å²) < 4.78 is 44.6. The van der Waals surface area contributed by atoms with E-state index in [-0.39, 0.29) is 30.0 Å². The van der Waals surface area contributed by atoms with Crippen molar-refractivity contribution < 1.29 is 17.5 Å². The van der Waals surface area contributed by atoms with Gasteiger partial charge in [0.05, 0.1) is 12.5 Å². The van der Waals surface area contributed by atoms with Crippen molar-refractivity contribution in [3.8, 4) is 5.88 Å². The Hall–Kier alpha value is -1.51. The normalized spacial score (nSPS) is 25.0. The van der Waals surface area contributed by atoms with Crippen LogP contribution in [0.3, 0.4) is 0 Å². The van der Waals surface area contributed by atoms with E-state index in [1.54, 1.807) is 4.31 Å². The van der Waals surface area contributed by atoms with E-state index in [9.17, 15) is 12.8 Å².